The van der Waals surface area contributed by atoms with Gasteiger partial charge in [0, 0.05) is 22.7 Å². The molecule has 3 N–H and O–H groups in total. The van der Waals surface area contributed by atoms with Gasteiger partial charge in [-0.05, 0) is 43.4 Å². The van der Waals surface area contributed by atoms with E-state index in [0.29, 0.717) is 16.6 Å². The molecule has 0 saturated heterocycles. The smallest absolute Gasteiger partial charge is 0.387 e. The average Bonchev–Trinajstić information content (AvgIpc) is 2.45. The fourth-order valence-electron chi connectivity index (χ4n) is 1.38. The third-order valence-electron chi connectivity index (χ3n) is 2.24. The second-order valence-corrected chi connectivity index (χ2v) is 5.19. The first kappa shape index (κ1) is 18.3. The molecule has 120 valence electrons. The second-order valence-electron chi connectivity index (χ2n) is 3.87. The Labute approximate surface area is 140 Å². The molecule has 0 bridgehead atoms. The number of rotatable bonds is 5. The number of hydrogen-bond acceptors (Lipinski definition) is 3. The van der Waals surface area contributed by atoms with Gasteiger partial charge < -0.3 is 10.1 Å². The summed E-state index contributed by atoms with van der Waals surface area (Å²) < 4.78 is 29.7. The van der Waals surface area contributed by atoms with Gasteiger partial charge in [-0.3, -0.25) is 15.6 Å². The highest BCUT2D eigenvalue weighted by Gasteiger charge is 2.08. The molecule has 0 aromatic heterocycles. The Kier molecular flexibility index (Phi) is 7.75. The minimum Gasteiger partial charge on any atom is -0.434 e. The van der Waals surface area contributed by atoms with Crippen molar-refractivity contribution in [3.8, 4) is 5.75 Å². The van der Waals surface area contributed by atoms with Crippen LogP contribution in [0.1, 0.15) is 12.5 Å². The summed E-state index contributed by atoms with van der Waals surface area (Å²) >= 11 is 8.09. The van der Waals surface area contributed by atoms with Gasteiger partial charge in [-0.25, -0.2) is 0 Å². The summed E-state index contributed by atoms with van der Waals surface area (Å²) in [5.41, 5.74) is 5.15. The van der Waals surface area contributed by atoms with Crippen molar-refractivity contribution in [3.05, 3.63) is 34.3 Å². The van der Waals surface area contributed by atoms with Gasteiger partial charge in [0.2, 0.25) is 0 Å². The van der Waals surface area contributed by atoms with Crippen LogP contribution in [0.4, 0.5) is 8.78 Å². The SMILES string of the molecule is CCNC(=S)NNC(=O)/C=C/c1cc(Br)ccc1OC(F)F. The minimum atomic E-state index is -2.94. The Morgan fingerprint density at radius 2 is 2.18 bits per heavy atom. The third-order valence-corrected chi connectivity index (χ3v) is 2.98. The molecule has 0 radical (unpaired) electrons. The van der Waals surface area contributed by atoms with Crippen molar-refractivity contribution >= 4 is 45.2 Å². The number of hydrogen-bond donors (Lipinski definition) is 3. The van der Waals surface area contributed by atoms with E-state index in [1.54, 1.807) is 12.1 Å². The van der Waals surface area contributed by atoms with Crippen LogP contribution >= 0.6 is 28.1 Å². The Morgan fingerprint density at radius 3 is 2.82 bits per heavy atom. The van der Waals surface area contributed by atoms with Crippen LogP contribution in [0.15, 0.2) is 28.7 Å². The molecule has 22 heavy (non-hydrogen) atoms. The molecule has 0 aliphatic heterocycles. The number of carbonyl (C=O) groups is 1. The minimum absolute atomic E-state index is 0.0293. The summed E-state index contributed by atoms with van der Waals surface area (Å²) in [6.07, 6.45) is 2.53. The molecule has 1 rings (SSSR count). The number of hydrazine groups is 1. The van der Waals surface area contributed by atoms with E-state index in [9.17, 15) is 13.6 Å². The molecule has 0 heterocycles. The van der Waals surface area contributed by atoms with E-state index >= 15 is 0 Å². The van der Waals surface area contributed by atoms with Crippen LogP contribution in [0.2, 0.25) is 0 Å². The molecule has 0 unspecified atom stereocenters. The normalized spacial score (nSPS) is 10.6. The first-order valence-electron chi connectivity index (χ1n) is 6.18. The largest absolute Gasteiger partial charge is 0.434 e. The third kappa shape index (κ3) is 6.81. The van der Waals surface area contributed by atoms with E-state index < -0.39 is 12.5 Å². The summed E-state index contributed by atoms with van der Waals surface area (Å²) in [7, 11) is 0. The number of amides is 1. The fraction of sp³-hybridized carbons (Fsp3) is 0.231. The van der Waals surface area contributed by atoms with Gasteiger partial charge >= 0.3 is 6.61 Å². The predicted molar refractivity (Wildman–Crippen MR) is 87.4 cm³/mol. The van der Waals surface area contributed by atoms with Gasteiger partial charge in [0.25, 0.3) is 5.91 Å². The highest BCUT2D eigenvalue weighted by atomic mass is 79.9. The monoisotopic (exact) mass is 393 g/mol. The number of carbonyl (C=O) groups excluding carboxylic acids is 1. The van der Waals surface area contributed by atoms with Crippen molar-refractivity contribution in [2.45, 2.75) is 13.5 Å². The van der Waals surface area contributed by atoms with Crippen LogP contribution in [0.3, 0.4) is 0 Å². The predicted octanol–water partition coefficient (Wildman–Crippen LogP) is 2.58. The summed E-state index contributed by atoms with van der Waals surface area (Å²) in [6, 6.07) is 4.50. The van der Waals surface area contributed by atoms with E-state index in [-0.39, 0.29) is 10.9 Å². The number of benzene rings is 1. The number of nitrogens with one attached hydrogen (secondary N) is 3. The van der Waals surface area contributed by atoms with Gasteiger partial charge in [0.05, 0.1) is 0 Å². The van der Waals surface area contributed by atoms with Crippen LogP contribution in [0.5, 0.6) is 5.75 Å². The molecule has 1 amide bonds. The zero-order valence-corrected chi connectivity index (χ0v) is 13.9. The van der Waals surface area contributed by atoms with Crippen LogP contribution < -0.4 is 20.9 Å². The summed E-state index contributed by atoms with van der Waals surface area (Å²) in [4.78, 5) is 11.6. The van der Waals surface area contributed by atoms with Crippen molar-refractivity contribution in [2.75, 3.05) is 6.54 Å². The molecule has 5 nitrogen and oxygen atoms in total. The van der Waals surface area contributed by atoms with Gasteiger partial charge in [0.1, 0.15) is 5.75 Å². The molecule has 1 aromatic rings. The molecule has 0 saturated carbocycles. The molecule has 0 aliphatic carbocycles. The summed E-state index contributed by atoms with van der Waals surface area (Å²) in [5, 5.41) is 3.06. The van der Waals surface area contributed by atoms with Crippen molar-refractivity contribution in [1.82, 2.24) is 16.2 Å². The number of alkyl halides is 2. The lowest BCUT2D eigenvalue weighted by atomic mass is 10.2. The van der Waals surface area contributed by atoms with E-state index in [0.717, 1.165) is 0 Å². The Balaban J connectivity index is 2.70. The van der Waals surface area contributed by atoms with Gasteiger partial charge in [-0.15, -0.1) is 0 Å². The van der Waals surface area contributed by atoms with E-state index in [1.807, 2.05) is 6.92 Å². The molecule has 9 heteroatoms. The maximum Gasteiger partial charge on any atom is 0.387 e. The molecule has 0 aliphatic rings. The zero-order chi connectivity index (χ0) is 16.5. The van der Waals surface area contributed by atoms with Crippen molar-refractivity contribution in [1.29, 1.82) is 0 Å². The van der Waals surface area contributed by atoms with Crippen LogP contribution in [-0.2, 0) is 4.79 Å². The number of halogens is 3. The molecule has 0 atom stereocenters. The summed E-state index contributed by atoms with van der Waals surface area (Å²) in [6.45, 7) is -0.474. The van der Waals surface area contributed by atoms with Crippen LogP contribution in [0.25, 0.3) is 6.08 Å². The quantitative estimate of drug-likeness (QED) is 0.407. The van der Waals surface area contributed by atoms with Crippen molar-refractivity contribution in [2.24, 2.45) is 0 Å². The lowest BCUT2D eigenvalue weighted by Crippen LogP contribution is -2.46. The lowest BCUT2D eigenvalue weighted by molar-refractivity contribution is -0.116. The van der Waals surface area contributed by atoms with E-state index in [4.69, 9.17) is 12.2 Å². The second kappa shape index (κ2) is 9.31. The van der Waals surface area contributed by atoms with Crippen LogP contribution in [0, 0.1) is 0 Å². The highest BCUT2D eigenvalue weighted by Crippen LogP contribution is 2.25. The lowest BCUT2D eigenvalue weighted by Gasteiger charge is -2.09. The molecular formula is C13H14BrF2N3O2S. The highest BCUT2D eigenvalue weighted by molar-refractivity contribution is 9.10. The first-order valence-corrected chi connectivity index (χ1v) is 7.38. The maximum absolute atomic E-state index is 12.3. The van der Waals surface area contributed by atoms with Gasteiger partial charge in [-0.2, -0.15) is 8.78 Å². The topological polar surface area (TPSA) is 62.4 Å². The maximum atomic E-state index is 12.3. The standard InChI is InChI=1S/C13H14BrF2N3O2S/c1-2-17-13(22)19-18-11(20)6-3-8-7-9(14)4-5-10(8)21-12(15)16/h3-7,12H,2H2,1H3,(H,18,20)(H2,17,19,22)/b6-3+. The van der Waals surface area contributed by atoms with Gasteiger partial charge in [-0.1, -0.05) is 15.9 Å². The van der Waals surface area contributed by atoms with Crippen molar-refractivity contribution in [3.63, 3.8) is 0 Å². The zero-order valence-electron chi connectivity index (χ0n) is 11.5. The average molecular weight is 394 g/mol. The molecule has 1 aromatic carbocycles. The van der Waals surface area contributed by atoms with Crippen molar-refractivity contribution < 1.29 is 18.3 Å². The van der Waals surface area contributed by atoms with E-state index in [2.05, 4.69) is 36.8 Å². The summed E-state index contributed by atoms with van der Waals surface area (Å²) in [5.74, 6) is -0.526. The fourth-order valence-corrected chi connectivity index (χ4v) is 1.96. The molecule has 0 fully saturated rings. The first-order chi connectivity index (χ1) is 10.4. The molecular weight excluding hydrogens is 380 g/mol. The van der Waals surface area contributed by atoms with E-state index in [1.165, 1.54) is 18.2 Å². The molecule has 0 spiro atoms. The number of ether oxygens (including phenoxy) is 1. The Morgan fingerprint density at radius 1 is 1.45 bits per heavy atom. The Hall–Kier alpha value is -1.74. The van der Waals surface area contributed by atoms with Gasteiger partial charge in [0.15, 0.2) is 5.11 Å². The Bertz CT molecular complexity index is 570. The number of thiocarbonyl (C=S) groups is 1. The van der Waals surface area contributed by atoms with Crippen LogP contribution in [-0.4, -0.2) is 24.2 Å².